The third-order valence-electron chi connectivity index (χ3n) is 3.42. The van der Waals surface area contributed by atoms with Crippen LogP contribution in [0.2, 0.25) is 0 Å². The molecule has 4 nitrogen and oxygen atoms in total. The summed E-state index contributed by atoms with van der Waals surface area (Å²) < 4.78 is 5.32. The Hall–Kier alpha value is -1.65. The fourth-order valence-corrected chi connectivity index (χ4v) is 2.25. The van der Waals surface area contributed by atoms with Gasteiger partial charge in [0.25, 0.3) is 0 Å². The predicted octanol–water partition coefficient (Wildman–Crippen LogP) is 2.23. The minimum atomic E-state index is -0.283. The van der Waals surface area contributed by atoms with E-state index >= 15 is 0 Å². The number of Topliss-reactive ketones (excluding diaryl/α,β-unsaturated/α-hetero) is 1. The summed E-state index contributed by atoms with van der Waals surface area (Å²) in [6, 6.07) is 0. The third kappa shape index (κ3) is 3.46. The van der Waals surface area contributed by atoms with Crippen molar-refractivity contribution < 1.29 is 19.7 Å². The van der Waals surface area contributed by atoms with Gasteiger partial charge in [0, 0.05) is 5.57 Å². The number of ketones is 1. The molecule has 20 heavy (non-hydrogen) atoms. The van der Waals surface area contributed by atoms with Crippen molar-refractivity contribution in [1.29, 1.82) is 0 Å². The van der Waals surface area contributed by atoms with Crippen molar-refractivity contribution in [2.75, 3.05) is 13.2 Å². The number of rotatable bonds is 5. The van der Waals surface area contributed by atoms with Crippen LogP contribution in [0.25, 0.3) is 0 Å². The Morgan fingerprint density at radius 1 is 1.40 bits per heavy atom. The Bertz CT molecular complexity index is 497. The Morgan fingerprint density at radius 3 is 2.80 bits per heavy atom. The highest BCUT2D eigenvalue weighted by Gasteiger charge is 2.23. The molecule has 2 aliphatic rings. The molecule has 0 fully saturated rings. The molecule has 0 heterocycles. The van der Waals surface area contributed by atoms with Crippen LogP contribution in [0, 0.1) is 5.92 Å². The SMILES string of the molecule is CC1C=CC(C(=O)C2=CCC(OCCO)C=C2O)=CC1. The van der Waals surface area contributed by atoms with Gasteiger partial charge in [-0.3, -0.25) is 4.79 Å². The summed E-state index contributed by atoms with van der Waals surface area (Å²) in [6.45, 7) is 2.25. The summed E-state index contributed by atoms with van der Waals surface area (Å²) in [7, 11) is 0. The van der Waals surface area contributed by atoms with Crippen LogP contribution in [-0.2, 0) is 9.53 Å². The van der Waals surface area contributed by atoms with Gasteiger partial charge < -0.3 is 14.9 Å². The first-order chi connectivity index (χ1) is 9.61. The number of hydrogen-bond donors (Lipinski definition) is 2. The Kier molecular flexibility index (Phi) is 4.93. The maximum absolute atomic E-state index is 12.3. The zero-order chi connectivity index (χ0) is 14.5. The smallest absolute Gasteiger partial charge is 0.196 e. The average molecular weight is 276 g/mol. The van der Waals surface area contributed by atoms with Crippen molar-refractivity contribution in [3.05, 3.63) is 47.3 Å². The van der Waals surface area contributed by atoms with Crippen molar-refractivity contribution in [2.45, 2.75) is 25.9 Å². The second-order valence-corrected chi connectivity index (χ2v) is 5.10. The van der Waals surface area contributed by atoms with E-state index < -0.39 is 0 Å². The molecule has 0 bridgehead atoms. The second kappa shape index (κ2) is 6.68. The third-order valence-corrected chi connectivity index (χ3v) is 3.42. The van der Waals surface area contributed by atoms with E-state index in [9.17, 15) is 9.90 Å². The maximum atomic E-state index is 12.3. The number of hydrogen-bond acceptors (Lipinski definition) is 4. The van der Waals surface area contributed by atoms with Gasteiger partial charge in [-0.2, -0.15) is 0 Å². The lowest BCUT2D eigenvalue weighted by Crippen LogP contribution is -2.19. The van der Waals surface area contributed by atoms with Crippen LogP contribution in [0.5, 0.6) is 0 Å². The van der Waals surface area contributed by atoms with Gasteiger partial charge in [-0.25, -0.2) is 0 Å². The van der Waals surface area contributed by atoms with Crippen LogP contribution in [-0.4, -0.2) is 35.3 Å². The van der Waals surface area contributed by atoms with Crippen LogP contribution in [0.1, 0.15) is 19.8 Å². The number of ether oxygens (including phenoxy) is 1. The molecule has 0 aromatic carbocycles. The minimum Gasteiger partial charge on any atom is -0.507 e. The highest BCUT2D eigenvalue weighted by atomic mass is 16.5. The first-order valence-electron chi connectivity index (χ1n) is 6.88. The molecule has 4 heteroatoms. The van der Waals surface area contributed by atoms with E-state index in [0.29, 0.717) is 23.5 Å². The Labute approximate surface area is 118 Å². The molecule has 0 saturated heterocycles. The largest absolute Gasteiger partial charge is 0.507 e. The van der Waals surface area contributed by atoms with E-state index in [1.165, 1.54) is 6.08 Å². The van der Waals surface area contributed by atoms with Gasteiger partial charge in [-0.15, -0.1) is 0 Å². The lowest BCUT2D eigenvalue weighted by Gasteiger charge is -2.19. The topological polar surface area (TPSA) is 66.8 Å². The molecule has 0 saturated carbocycles. The van der Waals surface area contributed by atoms with Crippen molar-refractivity contribution in [1.82, 2.24) is 0 Å². The van der Waals surface area contributed by atoms with Gasteiger partial charge in [0.05, 0.1) is 24.9 Å². The predicted molar refractivity (Wildman–Crippen MR) is 76.2 cm³/mol. The zero-order valence-corrected chi connectivity index (χ0v) is 11.6. The molecule has 2 rings (SSSR count). The summed E-state index contributed by atoms with van der Waals surface area (Å²) in [5, 5.41) is 18.7. The van der Waals surface area contributed by atoms with Gasteiger partial charge in [0.2, 0.25) is 0 Å². The molecule has 2 aliphatic carbocycles. The van der Waals surface area contributed by atoms with Crippen molar-refractivity contribution >= 4 is 5.78 Å². The van der Waals surface area contributed by atoms with E-state index in [0.717, 1.165) is 6.42 Å². The van der Waals surface area contributed by atoms with E-state index in [4.69, 9.17) is 9.84 Å². The first-order valence-corrected chi connectivity index (χ1v) is 6.88. The van der Waals surface area contributed by atoms with Crippen LogP contribution in [0.4, 0.5) is 0 Å². The van der Waals surface area contributed by atoms with E-state index in [1.807, 2.05) is 18.2 Å². The van der Waals surface area contributed by atoms with Gasteiger partial charge in [0.1, 0.15) is 5.76 Å². The maximum Gasteiger partial charge on any atom is 0.196 e. The number of aliphatic hydroxyl groups excluding tert-OH is 2. The molecule has 2 N–H and O–H groups in total. The molecule has 108 valence electrons. The van der Waals surface area contributed by atoms with Gasteiger partial charge in [0.15, 0.2) is 5.78 Å². The van der Waals surface area contributed by atoms with E-state index in [1.54, 1.807) is 6.08 Å². The minimum absolute atomic E-state index is 0.0443. The van der Waals surface area contributed by atoms with Gasteiger partial charge >= 0.3 is 0 Å². The molecule has 0 radical (unpaired) electrons. The van der Waals surface area contributed by atoms with E-state index in [2.05, 4.69) is 6.92 Å². The molecule has 2 unspecified atom stereocenters. The molecule has 0 spiro atoms. The van der Waals surface area contributed by atoms with E-state index in [-0.39, 0.29) is 30.9 Å². The molecular weight excluding hydrogens is 256 g/mol. The first kappa shape index (κ1) is 14.8. The standard InChI is InChI=1S/C16H20O4/c1-11-2-4-12(5-3-11)16(19)14-7-6-13(10-15(14)18)20-9-8-17/h2,4-5,7,10-11,13,17-18H,3,6,8-9H2,1H3. The summed E-state index contributed by atoms with van der Waals surface area (Å²) in [6.07, 6.45) is 10.1. The quantitative estimate of drug-likeness (QED) is 0.808. The highest BCUT2D eigenvalue weighted by molar-refractivity contribution is 6.12. The Balaban J connectivity index is 2.04. The number of carbonyl (C=O) groups excluding carboxylic acids is 1. The Morgan fingerprint density at radius 2 is 2.20 bits per heavy atom. The van der Waals surface area contributed by atoms with Crippen molar-refractivity contribution in [2.24, 2.45) is 5.92 Å². The van der Waals surface area contributed by atoms with Crippen LogP contribution in [0.15, 0.2) is 47.3 Å². The highest BCUT2D eigenvalue weighted by Crippen LogP contribution is 2.25. The van der Waals surface area contributed by atoms with Crippen LogP contribution >= 0.6 is 0 Å². The monoisotopic (exact) mass is 276 g/mol. The fourth-order valence-electron chi connectivity index (χ4n) is 2.25. The van der Waals surface area contributed by atoms with Gasteiger partial charge in [-0.05, 0) is 24.8 Å². The second-order valence-electron chi connectivity index (χ2n) is 5.10. The number of aliphatic hydroxyl groups is 2. The van der Waals surface area contributed by atoms with Crippen molar-refractivity contribution in [3.8, 4) is 0 Å². The summed E-state index contributed by atoms with van der Waals surface area (Å²) >= 11 is 0. The zero-order valence-electron chi connectivity index (χ0n) is 11.6. The molecule has 0 aromatic heterocycles. The van der Waals surface area contributed by atoms with Gasteiger partial charge in [-0.1, -0.05) is 31.2 Å². The lowest BCUT2D eigenvalue weighted by atomic mass is 9.90. The molecule has 2 atom stereocenters. The summed E-state index contributed by atoms with van der Waals surface area (Å²) in [5.41, 5.74) is 0.961. The fraction of sp³-hybridized carbons (Fsp3) is 0.438. The molecule has 0 amide bonds. The molecule has 0 aliphatic heterocycles. The molecule has 0 aromatic rings. The lowest BCUT2D eigenvalue weighted by molar-refractivity contribution is -0.112. The number of carbonyl (C=O) groups is 1. The molecular formula is C16H20O4. The van der Waals surface area contributed by atoms with Crippen LogP contribution < -0.4 is 0 Å². The number of allylic oxidation sites excluding steroid dienone is 5. The van der Waals surface area contributed by atoms with Crippen molar-refractivity contribution in [3.63, 3.8) is 0 Å². The average Bonchev–Trinajstić information content (AvgIpc) is 2.45. The van der Waals surface area contributed by atoms with Crippen LogP contribution in [0.3, 0.4) is 0 Å². The normalized spacial score (nSPS) is 25.8. The summed E-state index contributed by atoms with van der Waals surface area (Å²) in [4.78, 5) is 12.3. The summed E-state index contributed by atoms with van der Waals surface area (Å²) in [5.74, 6) is 0.256.